The van der Waals surface area contributed by atoms with E-state index in [1.807, 2.05) is 54.2 Å². The highest BCUT2D eigenvalue weighted by Gasteiger charge is 2.36. The number of aromatic nitrogens is 4. The number of hydrogen-bond acceptors (Lipinski definition) is 6. The van der Waals surface area contributed by atoms with E-state index in [0.717, 1.165) is 44.9 Å². The van der Waals surface area contributed by atoms with Gasteiger partial charge in [0.2, 0.25) is 21.8 Å². The highest BCUT2D eigenvalue weighted by atomic mass is 32.2. The number of nitrogens with zero attached hydrogens (tertiary/aromatic N) is 6. The van der Waals surface area contributed by atoms with Crippen LogP contribution in [0.25, 0.3) is 11.0 Å². The Morgan fingerprint density at radius 3 is 2.44 bits per heavy atom. The third kappa shape index (κ3) is 6.53. The van der Waals surface area contributed by atoms with Gasteiger partial charge < -0.3 is 9.88 Å². The average molecular weight is 632 g/mol. The fourth-order valence-electron chi connectivity index (χ4n) is 6.64. The minimum Gasteiger partial charge on any atom is -0.352 e. The van der Waals surface area contributed by atoms with Gasteiger partial charge in [-0.15, -0.1) is 5.10 Å². The fraction of sp³-hybridized carbons (Fsp3) is 0.455. The SMILES string of the molecule is C[C@@H]1CCCN(S(=O)(=O)c2ccc(N(C(=O)Cn3nnc4ccccc43)[C@H](C(=O)NC3CCCCC3)c3cccn3C)cc2)C1. The van der Waals surface area contributed by atoms with E-state index < -0.39 is 16.1 Å². The molecule has 2 fully saturated rings. The van der Waals surface area contributed by atoms with Crippen molar-refractivity contribution < 1.29 is 18.0 Å². The van der Waals surface area contributed by atoms with Crippen LogP contribution in [-0.2, 0) is 33.2 Å². The molecule has 2 aromatic carbocycles. The normalized spacial score (nSPS) is 18.9. The van der Waals surface area contributed by atoms with Gasteiger partial charge in [-0.25, -0.2) is 13.1 Å². The molecule has 1 saturated heterocycles. The van der Waals surface area contributed by atoms with Gasteiger partial charge in [0.05, 0.1) is 16.1 Å². The molecule has 6 rings (SSSR count). The second kappa shape index (κ2) is 13.1. The van der Waals surface area contributed by atoms with Crippen LogP contribution in [-0.4, -0.2) is 63.2 Å². The van der Waals surface area contributed by atoms with Crippen LogP contribution in [0, 0.1) is 5.92 Å². The third-order valence-electron chi connectivity index (χ3n) is 9.07. The van der Waals surface area contributed by atoms with Crippen molar-refractivity contribution in [2.75, 3.05) is 18.0 Å². The van der Waals surface area contributed by atoms with Crippen molar-refractivity contribution in [2.24, 2.45) is 13.0 Å². The molecule has 4 aromatic rings. The zero-order valence-electron chi connectivity index (χ0n) is 25.9. The molecule has 45 heavy (non-hydrogen) atoms. The first kappa shape index (κ1) is 31.0. The zero-order valence-corrected chi connectivity index (χ0v) is 26.7. The number of rotatable bonds is 9. The third-order valence-corrected chi connectivity index (χ3v) is 10.9. The lowest BCUT2D eigenvalue weighted by Gasteiger charge is -2.34. The minimum atomic E-state index is -3.70. The molecule has 0 unspecified atom stereocenters. The number of sulfonamides is 1. The van der Waals surface area contributed by atoms with Crippen molar-refractivity contribution in [2.45, 2.75) is 75.4 Å². The number of anilines is 1. The Morgan fingerprint density at radius 1 is 0.978 bits per heavy atom. The number of hydrogen-bond donors (Lipinski definition) is 1. The smallest absolute Gasteiger partial charge is 0.249 e. The number of nitrogens with one attached hydrogen (secondary N) is 1. The van der Waals surface area contributed by atoms with Gasteiger partial charge in [-0.2, -0.15) is 4.31 Å². The molecule has 2 aliphatic rings. The molecule has 0 radical (unpaired) electrons. The second-order valence-electron chi connectivity index (χ2n) is 12.4. The fourth-order valence-corrected chi connectivity index (χ4v) is 8.24. The first-order valence-corrected chi connectivity index (χ1v) is 17.3. The van der Waals surface area contributed by atoms with E-state index >= 15 is 0 Å². The predicted molar refractivity (Wildman–Crippen MR) is 172 cm³/mol. The summed E-state index contributed by atoms with van der Waals surface area (Å²) in [7, 11) is -1.86. The van der Waals surface area contributed by atoms with Crippen LogP contribution in [0.1, 0.15) is 63.6 Å². The molecule has 12 heteroatoms. The summed E-state index contributed by atoms with van der Waals surface area (Å²) < 4.78 is 32.0. The summed E-state index contributed by atoms with van der Waals surface area (Å²) >= 11 is 0. The number of carbonyl (C=O) groups excluding carboxylic acids is 2. The molecule has 238 valence electrons. The van der Waals surface area contributed by atoms with Crippen LogP contribution in [0.4, 0.5) is 5.69 Å². The van der Waals surface area contributed by atoms with Crippen molar-refractivity contribution in [3.63, 3.8) is 0 Å². The summed E-state index contributed by atoms with van der Waals surface area (Å²) in [6.07, 6.45) is 8.72. The Labute approximate surface area is 264 Å². The van der Waals surface area contributed by atoms with Gasteiger partial charge in [-0.1, -0.05) is 43.5 Å². The maximum atomic E-state index is 14.4. The summed E-state index contributed by atoms with van der Waals surface area (Å²) in [6, 6.07) is 16.4. The molecular weight excluding hydrogens is 590 g/mol. The van der Waals surface area contributed by atoms with Crippen LogP contribution < -0.4 is 10.2 Å². The molecule has 1 aliphatic heterocycles. The molecule has 0 bridgehead atoms. The predicted octanol–water partition coefficient (Wildman–Crippen LogP) is 4.41. The van der Waals surface area contributed by atoms with Gasteiger partial charge in [-0.05, 0) is 80.1 Å². The summed E-state index contributed by atoms with van der Waals surface area (Å²) in [5, 5.41) is 11.7. The second-order valence-corrected chi connectivity index (χ2v) is 14.3. The van der Waals surface area contributed by atoms with Crippen LogP contribution in [0.5, 0.6) is 0 Å². The minimum absolute atomic E-state index is 0.0321. The standard InChI is InChI=1S/C33H41N7O4S/c1-24-10-8-21-38(22-24)45(43,44)27-18-16-26(17-19-27)40(31(41)23-39-29-14-7-6-13-28(29)35-36-39)32(30-15-9-20-37(30)2)33(42)34-25-11-4-3-5-12-25/h6-7,9,13-20,24-25,32H,3-5,8,10-12,21-23H2,1-2H3,(H,34,42)/t24-,32+/m1/s1. The quantitative estimate of drug-likeness (QED) is 0.292. The van der Waals surface area contributed by atoms with Crippen molar-refractivity contribution in [1.82, 2.24) is 29.2 Å². The van der Waals surface area contributed by atoms with Gasteiger partial charge in [0.15, 0.2) is 6.04 Å². The molecule has 1 saturated carbocycles. The lowest BCUT2D eigenvalue weighted by atomic mass is 9.95. The van der Waals surface area contributed by atoms with E-state index in [1.165, 1.54) is 21.7 Å². The lowest BCUT2D eigenvalue weighted by molar-refractivity contribution is -0.127. The maximum absolute atomic E-state index is 14.4. The number of carbonyl (C=O) groups is 2. The number of aryl methyl sites for hydroxylation is 1. The van der Waals surface area contributed by atoms with Crippen molar-refractivity contribution >= 4 is 38.6 Å². The Hall–Kier alpha value is -4.03. The van der Waals surface area contributed by atoms with Gasteiger partial charge in [0.25, 0.3) is 0 Å². The molecule has 2 aromatic heterocycles. The Kier molecular flexibility index (Phi) is 9.04. The molecule has 3 heterocycles. The summed E-state index contributed by atoms with van der Waals surface area (Å²) in [6.45, 7) is 2.87. The number of benzene rings is 2. The van der Waals surface area contributed by atoms with Gasteiger partial charge in [0, 0.05) is 38.1 Å². The van der Waals surface area contributed by atoms with E-state index in [9.17, 15) is 18.0 Å². The van der Waals surface area contributed by atoms with Crippen LogP contribution >= 0.6 is 0 Å². The van der Waals surface area contributed by atoms with E-state index in [1.54, 1.807) is 16.4 Å². The lowest BCUT2D eigenvalue weighted by Crippen LogP contribution is -2.48. The highest BCUT2D eigenvalue weighted by Crippen LogP contribution is 2.32. The monoisotopic (exact) mass is 631 g/mol. The van der Waals surface area contributed by atoms with E-state index in [4.69, 9.17) is 0 Å². The Morgan fingerprint density at radius 2 is 1.73 bits per heavy atom. The van der Waals surface area contributed by atoms with Crippen LogP contribution in [0.2, 0.25) is 0 Å². The van der Waals surface area contributed by atoms with Crippen molar-refractivity contribution in [3.8, 4) is 0 Å². The topological polar surface area (TPSA) is 122 Å². The number of fused-ring (bicyclic) bond motifs is 1. The summed E-state index contributed by atoms with van der Waals surface area (Å²) in [5.74, 6) is -0.363. The number of para-hydroxylation sites is 1. The van der Waals surface area contributed by atoms with Gasteiger partial charge in [0.1, 0.15) is 12.1 Å². The molecule has 0 spiro atoms. The van der Waals surface area contributed by atoms with Crippen molar-refractivity contribution in [3.05, 3.63) is 72.6 Å². The number of amides is 2. The largest absolute Gasteiger partial charge is 0.352 e. The molecule has 11 nitrogen and oxygen atoms in total. The maximum Gasteiger partial charge on any atom is 0.249 e. The van der Waals surface area contributed by atoms with Crippen LogP contribution in [0.15, 0.2) is 71.8 Å². The van der Waals surface area contributed by atoms with Crippen LogP contribution in [0.3, 0.4) is 0 Å². The van der Waals surface area contributed by atoms with E-state index in [2.05, 4.69) is 22.6 Å². The number of piperidine rings is 1. The van der Waals surface area contributed by atoms with E-state index in [-0.39, 0.29) is 29.3 Å². The Bertz CT molecular complexity index is 1760. The van der Waals surface area contributed by atoms with Crippen molar-refractivity contribution in [1.29, 1.82) is 0 Å². The Balaban J connectivity index is 1.39. The van der Waals surface area contributed by atoms with E-state index in [0.29, 0.717) is 41.4 Å². The molecule has 2 amide bonds. The zero-order chi connectivity index (χ0) is 31.6. The first-order chi connectivity index (χ1) is 21.7. The van der Waals surface area contributed by atoms with Gasteiger partial charge >= 0.3 is 0 Å². The molecule has 1 N–H and O–H groups in total. The molecule has 2 atom stereocenters. The summed E-state index contributed by atoms with van der Waals surface area (Å²) in [5.41, 5.74) is 2.41. The highest BCUT2D eigenvalue weighted by molar-refractivity contribution is 7.89. The molecular formula is C33H41N7O4S. The van der Waals surface area contributed by atoms with Gasteiger partial charge in [-0.3, -0.25) is 14.5 Å². The molecule has 1 aliphatic carbocycles. The first-order valence-electron chi connectivity index (χ1n) is 15.8. The summed E-state index contributed by atoms with van der Waals surface area (Å²) in [4.78, 5) is 30.2. The average Bonchev–Trinajstić information content (AvgIpc) is 3.66.